The van der Waals surface area contributed by atoms with Crippen molar-refractivity contribution in [2.24, 2.45) is 0 Å². The molecule has 1 aromatic rings. The Kier molecular flexibility index (Phi) is 3.97. The second-order valence-electron chi connectivity index (χ2n) is 4.24. The van der Waals surface area contributed by atoms with Gasteiger partial charge in [0.05, 0.1) is 13.2 Å². The van der Waals surface area contributed by atoms with Gasteiger partial charge in [-0.05, 0) is 30.5 Å². The number of hydrogen-bond donors (Lipinski definition) is 0. The Morgan fingerprint density at radius 1 is 1.39 bits per heavy atom. The van der Waals surface area contributed by atoms with Gasteiger partial charge in [0.1, 0.15) is 17.7 Å². The largest absolute Gasteiger partial charge is 0.501 e. The van der Waals surface area contributed by atoms with Crippen LogP contribution in [0.25, 0.3) is 0 Å². The molecule has 4 heteroatoms. The highest BCUT2D eigenvalue weighted by Gasteiger charge is 2.21. The quantitative estimate of drug-likeness (QED) is 0.770. The van der Waals surface area contributed by atoms with E-state index in [1.165, 1.54) is 18.2 Å². The van der Waals surface area contributed by atoms with E-state index in [2.05, 4.69) is 0 Å². The van der Waals surface area contributed by atoms with Gasteiger partial charge in [-0.2, -0.15) is 0 Å². The lowest BCUT2D eigenvalue weighted by Crippen LogP contribution is -2.23. The molecule has 0 radical (unpaired) electrons. The van der Waals surface area contributed by atoms with Gasteiger partial charge >= 0.3 is 5.97 Å². The van der Waals surface area contributed by atoms with Crippen molar-refractivity contribution >= 4 is 5.97 Å². The van der Waals surface area contributed by atoms with Gasteiger partial charge in [0, 0.05) is 6.42 Å². The number of carbonyl (C=O) groups excluding carboxylic acids is 1. The highest BCUT2D eigenvalue weighted by Crippen LogP contribution is 2.20. The highest BCUT2D eigenvalue weighted by molar-refractivity contribution is 5.83. The highest BCUT2D eigenvalue weighted by atomic mass is 19.1. The van der Waals surface area contributed by atoms with E-state index in [-0.39, 0.29) is 17.9 Å². The van der Waals surface area contributed by atoms with Gasteiger partial charge in [-0.1, -0.05) is 12.1 Å². The maximum Gasteiger partial charge on any atom is 0.334 e. The first kappa shape index (κ1) is 12.6. The normalized spacial score (nSPS) is 19.1. The number of esters is 1. The number of aryl methyl sites for hydroxylation is 1. The molecule has 96 valence electrons. The minimum atomic E-state index is -0.359. The number of benzene rings is 1. The van der Waals surface area contributed by atoms with Crippen LogP contribution in [0.2, 0.25) is 0 Å². The van der Waals surface area contributed by atoms with E-state index in [0.717, 1.165) is 12.0 Å². The van der Waals surface area contributed by atoms with E-state index in [1.54, 1.807) is 19.2 Å². The number of hydrogen-bond acceptors (Lipinski definition) is 3. The number of carbonyl (C=O) groups is 1. The van der Waals surface area contributed by atoms with Gasteiger partial charge in [-0.3, -0.25) is 0 Å². The monoisotopic (exact) mass is 250 g/mol. The zero-order valence-corrected chi connectivity index (χ0v) is 10.2. The summed E-state index contributed by atoms with van der Waals surface area (Å²) in [5.41, 5.74) is 1.03. The van der Waals surface area contributed by atoms with E-state index in [4.69, 9.17) is 9.47 Å². The predicted octanol–water partition coefficient (Wildman–Crippen LogP) is 2.60. The Morgan fingerprint density at radius 3 is 2.78 bits per heavy atom. The summed E-state index contributed by atoms with van der Waals surface area (Å²) in [4.78, 5) is 11.3. The molecule has 1 atom stereocenters. The lowest BCUT2D eigenvalue weighted by Gasteiger charge is -2.22. The molecule has 0 N–H and O–H groups in total. The van der Waals surface area contributed by atoms with E-state index >= 15 is 0 Å². The van der Waals surface area contributed by atoms with Crippen LogP contribution < -0.4 is 0 Å². The minimum absolute atomic E-state index is 0.164. The van der Waals surface area contributed by atoms with E-state index in [9.17, 15) is 9.18 Å². The van der Waals surface area contributed by atoms with E-state index in [1.807, 2.05) is 0 Å². The zero-order valence-electron chi connectivity index (χ0n) is 10.2. The number of halogens is 1. The van der Waals surface area contributed by atoms with Crippen LogP contribution in [0.5, 0.6) is 0 Å². The Morgan fingerprint density at radius 2 is 2.11 bits per heavy atom. The van der Waals surface area contributed by atoms with Crippen LogP contribution in [0.3, 0.4) is 0 Å². The molecule has 2 rings (SSSR count). The van der Waals surface area contributed by atoms with Crippen molar-refractivity contribution in [2.45, 2.75) is 25.4 Å². The molecule has 1 heterocycles. The van der Waals surface area contributed by atoms with Crippen LogP contribution >= 0.6 is 0 Å². The standard InChI is InChI=1S/C14H15FO3/c1-17-13-8-12(18-14(16)9-13)7-4-10-2-5-11(15)6-3-10/h2-3,5-6,9,12H,4,7-8H2,1H3. The topological polar surface area (TPSA) is 35.5 Å². The molecule has 3 nitrogen and oxygen atoms in total. The third-order valence-electron chi connectivity index (χ3n) is 2.92. The molecular formula is C14H15FO3. The molecule has 0 amide bonds. The summed E-state index contributed by atoms with van der Waals surface area (Å²) >= 11 is 0. The second-order valence-corrected chi connectivity index (χ2v) is 4.24. The molecule has 0 fully saturated rings. The first-order valence-corrected chi connectivity index (χ1v) is 5.87. The fourth-order valence-electron chi connectivity index (χ4n) is 1.94. The van der Waals surface area contributed by atoms with Crippen LogP contribution in [0.1, 0.15) is 18.4 Å². The Bertz CT molecular complexity index is 451. The van der Waals surface area contributed by atoms with Crippen molar-refractivity contribution < 1.29 is 18.7 Å². The molecule has 1 aliphatic rings. The van der Waals surface area contributed by atoms with Crippen LogP contribution in [-0.4, -0.2) is 19.2 Å². The Hall–Kier alpha value is -1.84. The predicted molar refractivity (Wildman–Crippen MR) is 64.3 cm³/mol. The van der Waals surface area contributed by atoms with Crippen molar-refractivity contribution in [3.63, 3.8) is 0 Å². The van der Waals surface area contributed by atoms with Gasteiger partial charge in [0.25, 0.3) is 0 Å². The third-order valence-corrected chi connectivity index (χ3v) is 2.92. The summed E-state index contributed by atoms with van der Waals surface area (Å²) in [6, 6.07) is 6.35. The summed E-state index contributed by atoms with van der Waals surface area (Å²) < 4.78 is 23.0. The maximum absolute atomic E-state index is 12.7. The van der Waals surface area contributed by atoms with Gasteiger partial charge in [0.15, 0.2) is 0 Å². The lowest BCUT2D eigenvalue weighted by molar-refractivity contribution is -0.145. The van der Waals surface area contributed by atoms with Crippen molar-refractivity contribution in [1.82, 2.24) is 0 Å². The molecule has 0 spiro atoms. The summed E-state index contributed by atoms with van der Waals surface area (Å²) in [6.07, 6.45) is 3.26. The van der Waals surface area contributed by atoms with Crippen molar-refractivity contribution in [3.8, 4) is 0 Å². The van der Waals surface area contributed by atoms with Crippen LogP contribution in [0.15, 0.2) is 36.1 Å². The smallest absolute Gasteiger partial charge is 0.334 e. The van der Waals surface area contributed by atoms with Gasteiger partial charge in [-0.15, -0.1) is 0 Å². The van der Waals surface area contributed by atoms with E-state index in [0.29, 0.717) is 18.6 Å². The number of ether oxygens (including phenoxy) is 2. The minimum Gasteiger partial charge on any atom is -0.501 e. The van der Waals surface area contributed by atoms with Crippen LogP contribution in [0, 0.1) is 5.82 Å². The molecule has 0 bridgehead atoms. The summed E-state index contributed by atoms with van der Waals surface area (Å²) in [6.45, 7) is 0. The molecule has 1 aliphatic heterocycles. The molecule has 18 heavy (non-hydrogen) atoms. The van der Waals surface area contributed by atoms with Gasteiger partial charge < -0.3 is 9.47 Å². The first-order chi connectivity index (χ1) is 8.67. The van der Waals surface area contributed by atoms with Crippen molar-refractivity contribution in [1.29, 1.82) is 0 Å². The van der Waals surface area contributed by atoms with Crippen LogP contribution in [-0.2, 0) is 20.7 Å². The molecule has 0 aromatic heterocycles. The SMILES string of the molecule is COC1=CC(=O)OC(CCc2ccc(F)cc2)C1. The number of methoxy groups -OCH3 is 1. The summed E-state index contributed by atoms with van der Waals surface area (Å²) in [5.74, 6) is 0.0463. The van der Waals surface area contributed by atoms with Gasteiger partial charge in [-0.25, -0.2) is 9.18 Å². The fraction of sp³-hybridized carbons (Fsp3) is 0.357. The molecule has 1 unspecified atom stereocenters. The molecule has 0 aliphatic carbocycles. The fourth-order valence-corrected chi connectivity index (χ4v) is 1.94. The van der Waals surface area contributed by atoms with Crippen molar-refractivity contribution in [3.05, 3.63) is 47.5 Å². The lowest BCUT2D eigenvalue weighted by atomic mass is 10.0. The molecule has 0 saturated carbocycles. The Balaban J connectivity index is 1.89. The number of cyclic esters (lactones) is 1. The molecule has 1 aromatic carbocycles. The third kappa shape index (κ3) is 3.32. The maximum atomic E-state index is 12.7. The molecule has 0 saturated heterocycles. The van der Waals surface area contributed by atoms with Gasteiger partial charge in [0.2, 0.25) is 0 Å². The average molecular weight is 250 g/mol. The molecular weight excluding hydrogens is 235 g/mol. The average Bonchev–Trinajstić information content (AvgIpc) is 2.37. The second kappa shape index (κ2) is 5.67. The number of rotatable bonds is 4. The van der Waals surface area contributed by atoms with E-state index < -0.39 is 0 Å². The summed E-state index contributed by atoms with van der Waals surface area (Å²) in [5, 5.41) is 0. The van der Waals surface area contributed by atoms with Crippen molar-refractivity contribution in [2.75, 3.05) is 7.11 Å². The summed E-state index contributed by atoms with van der Waals surface area (Å²) in [7, 11) is 1.54. The Labute approximate surface area is 105 Å². The van der Waals surface area contributed by atoms with Crippen LogP contribution in [0.4, 0.5) is 4.39 Å². The zero-order chi connectivity index (χ0) is 13.0. The first-order valence-electron chi connectivity index (χ1n) is 5.87.